The Balaban J connectivity index is 1.86. The van der Waals surface area contributed by atoms with Crippen molar-refractivity contribution in [3.8, 4) is 0 Å². The van der Waals surface area contributed by atoms with E-state index in [0.29, 0.717) is 12.2 Å². The van der Waals surface area contributed by atoms with Gasteiger partial charge in [-0.15, -0.1) is 0 Å². The molecule has 19 heavy (non-hydrogen) atoms. The number of rotatable bonds is 3. The van der Waals surface area contributed by atoms with E-state index in [4.69, 9.17) is 9.84 Å². The molecule has 4 heteroatoms. The van der Waals surface area contributed by atoms with Crippen molar-refractivity contribution in [2.75, 3.05) is 18.0 Å². The molecule has 100 valence electrons. The summed E-state index contributed by atoms with van der Waals surface area (Å²) >= 11 is 0. The SMILES string of the molecule is O=C(O)C=Cc1ccccc1N1CC2CCC(C1)O2. The minimum Gasteiger partial charge on any atom is -0.478 e. The number of benzene rings is 1. The van der Waals surface area contributed by atoms with Crippen LogP contribution in [0, 0.1) is 0 Å². The molecule has 0 aliphatic carbocycles. The summed E-state index contributed by atoms with van der Waals surface area (Å²) in [6.45, 7) is 1.79. The second-order valence-corrected chi connectivity index (χ2v) is 5.09. The largest absolute Gasteiger partial charge is 0.478 e. The fourth-order valence-electron chi connectivity index (χ4n) is 2.89. The number of fused-ring (bicyclic) bond motifs is 2. The van der Waals surface area contributed by atoms with E-state index < -0.39 is 5.97 Å². The summed E-state index contributed by atoms with van der Waals surface area (Å²) < 4.78 is 5.83. The molecule has 3 rings (SSSR count). The Morgan fingerprint density at radius 1 is 1.26 bits per heavy atom. The van der Waals surface area contributed by atoms with Crippen molar-refractivity contribution in [3.05, 3.63) is 35.9 Å². The lowest BCUT2D eigenvalue weighted by Crippen LogP contribution is -2.42. The van der Waals surface area contributed by atoms with Gasteiger partial charge in [0.05, 0.1) is 12.2 Å². The van der Waals surface area contributed by atoms with E-state index in [2.05, 4.69) is 4.90 Å². The topological polar surface area (TPSA) is 49.8 Å². The number of anilines is 1. The van der Waals surface area contributed by atoms with Gasteiger partial charge in [0.2, 0.25) is 0 Å². The second-order valence-electron chi connectivity index (χ2n) is 5.09. The van der Waals surface area contributed by atoms with E-state index in [1.54, 1.807) is 6.08 Å². The van der Waals surface area contributed by atoms with Gasteiger partial charge in [0.25, 0.3) is 0 Å². The quantitative estimate of drug-likeness (QED) is 0.845. The van der Waals surface area contributed by atoms with E-state index >= 15 is 0 Å². The molecule has 1 aromatic carbocycles. The van der Waals surface area contributed by atoms with Crippen molar-refractivity contribution in [1.29, 1.82) is 0 Å². The maximum Gasteiger partial charge on any atom is 0.328 e. The zero-order valence-electron chi connectivity index (χ0n) is 10.7. The minimum atomic E-state index is -0.920. The summed E-state index contributed by atoms with van der Waals surface area (Å²) in [6, 6.07) is 7.92. The first-order chi connectivity index (χ1) is 9.22. The standard InChI is InChI=1S/C15H17NO3/c17-15(18)8-5-11-3-1-2-4-14(11)16-9-12-6-7-13(10-16)19-12/h1-5,8,12-13H,6-7,9-10H2,(H,17,18). The molecule has 2 fully saturated rings. The number of aliphatic carboxylic acids is 1. The predicted octanol–water partition coefficient (Wildman–Crippen LogP) is 2.15. The van der Waals surface area contributed by atoms with Gasteiger partial charge in [-0.2, -0.15) is 0 Å². The molecule has 2 atom stereocenters. The van der Waals surface area contributed by atoms with E-state index in [-0.39, 0.29) is 0 Å². The number of carboxylic acids is 1. The molecule has 0 amide bonds. The number of para-hydroxylation sites is 1. The van der Waals surface area contributed by atoms with Crippen LogP contribution in [0.4, 0.5) is 5.69 Å². The van der Waals surface area contributed by atoms with Crippen LogP contribution in [-0.2, 0) is 9.53 Å². The highest BCUT2D eigenvalue weighted by Crippen LogP contribution is 2.31. The number of carboxylic acid groups (broad SMARTS) is 1. The Labute approximate surface area is 112 Å². The van der Waals surface area contributed by atoms with Gasteiger partial charge in [-0.1, -0.05) is 18.2 Å². The van der Waals surface area contributed by atoms with Crippen LogP contribution >= 0.6 is 0 Å². The number of carbonyl (C=O) groups is 1. The van der Waals surface area contributed by atoms with Gasteiger partial charge in [-0.05, 0) is 30.5 Å². The fraction of sp³-hybridized carbons (Fsp3) is 0.400. The summed E-state index contributed by atoms with van der Waals surface area (Å²) in [5.41, 5.74) is 2.05. The van der Waals surface area contributed by atoms with Crippen molar-refractivity contribution >= 4 is 17.7 Å². The highest BCUT2D eigenvalue weighted by atomic mass is 16.5. The number of hydrogen-bond donors (Lipinski definition) is 1. The highest BCUT2D eigenvalue weighted by Gasteiger charge is 2.34. The number of hydrogen-bond acceptors (Lipinski definition) is 3. The van der Waals surface area contributed by atoms with Gasteiger partial charge in [0, 0.05) is 24.9 Å². The van der Waals surface area contributed by atoms with Crippen molar-refractivity contribution < 1.29 is 14.6 Å². The molecule has 4 nitrogen and oxygen atoms in total. The Kier molecular flexibility index (Phi) is 3.25. The molecule has 1 aromatic rings. The normalized spacial score (nSPS) is 26.0. The Morgan fingerprint density at radius 2 is 1.95 bits per heavy atom. The molecule has 2 saturated heterocycles. The molecule has 2 unspecified atom stereocenters. The predicted molar refractivity (Wildman–Crippen MR) is 73.2 cm³/mol. The highest BCUT2D eigenvalue weighted by molar-refractivity contribution is 5.87. The van der Waals surface area contributed by atoms with Gasteiger partial charge in [0.15, 0.2) is 0 Å². The molecule has 0 aromatic heterocycles. The summed E-state index contributed by atoms with van der Waals surface area (Å²) in [6.07, 6.45) is 5.77. The first kappa shape index (κ1) is 12.2. The first-order valence-electron chi connectivity index (χ1n) is 6.63. The first-order valence-corrected chi connectivity index (χ1v) is 6.63. The van der Waals surface area contributed by atoms with Crippen molar-refractivity contribution in [1.82, 2.24) is 0 Å². The molecule has 2 aliphatic rings. The molecular weight excluding hydrogens is 242 g/mol. The van der Waals surface area contributed by atoms with Gasteiger partial charge in [-0.3, -0.25) is 0 Å². The lowest BCUT2D eigenvalue weighted by atomic mass is 10.1. The Morgan fingerprint density at radius 3 is 2.63 bits per heavy atom. The molecule has 2 bridgehead atoms. The summed E-state index contributed by atoms with van der Waals surface area (Å²) in [5.74, 6) is -0.920. The minimum absolute atomic E-state index is 0.329. The molecule has 2 aliphatic heterocycles. The van der Waals surface area contributed by atoms with Crippen LogP contribution in [0.25, 0.3) is 6.08 Å². The molecule has 2 heterocycles. The summed E-state index contributed by atoms with van der Waals surface area (Å²) in [4.78, 5) is 13.0. The third kappa shape index (κ3) is 2.63. The van der Waals surface area contributed by atoms with Crippen LogP contribution in [0.3, 0.4) is 0 Å². The van der Waals surface area contributed by atoms with Gasteiger partial charge < -0.3 is 14.7 Å². The average Bonchev–Trinajstić information content (AvgIpc) is 2.75. The van der Waals surface area contributed by atoms with E-state index in [9.17, 15) is 4.79 Å². The maximum absolute atomic E-state index is 10.7. The lowest BCUT2D eigenvalue weighted by molar-refractivity contribution is -0.131. The maximum atomic E-state index is 10.7. The third-order valence-corrected chi connectivity index (χ3v) is 3.73. The van der Waals surface area contributed by atoms with Crippen LogP contribution < -0.4 is 4.90 Å². The molecule has 0 saturated carbocycles. The summed E-state index contributed by atoms with van der Waals surface area (Å²) in [7, 11) is 0. The molecular formula is C15H17NO3. The fourth-order valence-corrected chi connectivity index (χ4v) is 2.89. The second kappa shape index (κ2) is 5.05. The molecule has 1 N–H and O–H groups in total. The van der Waals surface area contributed by atoms with Crippen molar-refractivity contribution in [2.45, 2.75) is 25.0 Å². The smallest absolute Gasteiger partial charge is 0.328 e. The Hall–Kier alpha value is -1.81. The van der Waals surface area contributed by atoms with Gasteiger partial charge in [-0.25, -0.2) is 4.79 Å². The lowest BCUT2D eigenvalue weighted by Gasteiger charge is -2.34. The average molecular weight is 259 g/mol. The third-order valence-electron chi connectivity index (χ3n) is 3.73. The zero-order chi connectivity index (χ0) is 13.2. The van der Waals surface area contributed by atoms with E-state index in [1.165, 1.54) is 6.08 Å². The molecule has 0 radical (unpaired) electrons. The zero-order valence-corrected chi connectivity index (χ0v) is 10.7. The number of nitrogens with zero attached hydrogens (tertiary/aromatic N) is 1. The van der Waals surface area contributed by atoms with E-state index in [1.807, 2.05) is 24.3 Å². The van der Waals surface area contributed by atoms with Crippen LogP contribution in [0.15, 0.2) is 30.3 Å². The van der Waals surface area contributed by atoms with Crippen molar-refractivity contribution in [2.24, 2.45) is 0 Å². The number of morpholine rings is 1. The van der Waals surface area contributed by atoms with Gasteiger partial charge >= 0.3 is 5.97 Å². The Bertz CT molecular complexity index is 500. The van der Waals surface area contributed by atoms with Crippen LogP contribution in [0.5, 0.6) is 0 Å². The monoisotopic (exact) mass is 259 g/mol. The summed E-state index contributed by atoms with van der Waals surface area (Å²) in [5, 5.41) is 8.75. The number of ether oxygens (including phenoxy) is 1. The van der Waals surface area contributed by atoms with Crippen LogP contribution in [-0.4, -0.2) is 36.4 Å². The van der Waals surface area contributed by atoms with Crippen LogP contribution in [0.1, 0.15) is 18.4 Å². The van der Waals surface area contributed by atoms with Crippen LogP contribution in [0.2, 0.25) is 0 Å². The van der Waals surface area contributed by atoms with Crippen molar-refractivity contribution in [3.63, 3.8) is 0 Å². The van der Waals surface area contributed by atoms with Gasteiger partial charge in [0.1, 0.15) is 0 Å². The molecule has 0 spiro atoms. The van der Waals surface area contributed by atoms with E-state index in [0.717, 1.165) is 37.2 Å².